The highest BCUT2D eigenvalue weighted by Crippen LogP contribution is 2.12. The van der Waals surface area contributed by atoms with Crippen molar-refractivity contribution in [3.8, 4) is 0 Å². The van der Waals surface area contributed by atoms with Gasteiger partial charge in [0.05, 0.1) is 0 Å². The number of nitrogens with two attached hydrogens (primary N) is 1. The SMILES string of the molecule is Cc1cc(N)ccc1C(=O)NC(C)CCO. The van der Waals surface area contributed by atoms with Crippen molar-refractivity contribution in [3.63, 3.8) is 0 Å². The smallest absolute Gasteiger partial charge is 0.251 e. The van der Waals surface area contributed by atoms with Crippen molar-refractivity contribution in [3.05, 3.63) is 29.3 Å². The highest BCUT2D eigenvalue weighted by Gasteiger charge is 2.11. The molecule has 0 aliphatic heterocycles. The number of amides is 1. The molecular weight excluding hydrogens is 204 g/mol. The molecule has 0 aliphatic rings. The van der Waals surface area contributed by atoms with E-state index < -0.39 is 0 Å². The number of carbonyl (C=O) groups excluding carboxylic acids is 1. The van der Waals surface area contributed by atoms with Gasteiger partial charge in [-0.05, 0) is 44.0 Å². The Labute approximate surface area is 95.5 Å². The first kappa shape index (κ1) is 12.5. The summed E-state index contributed by atoms with van der Waals surface area (Å²) in [6, 6.07) is 5.16. The third-order valence-electron chi connectivity index (χ3n) is 2.43. The molecular formula is C12H18N2O2. The number of hydrogen-bond acceptors (Lipinski definition) is 3. The van der Waals surface area contributed by atoms with Crippen LogP contribution in [-0.2, 0) is 0 Å². The molecule has 1 amide bonds. The summed E-state index contributed by atoms with van der Waals surface area (Å²) in [5.41, 5.74) is 7.74. The standard InChI is InChI=1S/C12H18N2O2/c1-8-7-10(13)3-4-11(8)12(16)14-9(2)5-6-15/h3-4,7,9,15H,5-6,13H2,1-2H3,(H,14,16). The Bertz CT molecular complexity index is 377. The maximum Gasteiger partial charge on any atom is 0.251 e. The lowest BCUT2D eigenvalue weighted by Gasteiger charge is -2.13. The Balaban J connectivity index is 2.73. The van der Waals surface area contributed by atoms with E-state index in [2.05, 4.69) is 5.32 Å². The zero-order valence-corrected chi connectivity index (χ0v) is 9.66. The lowest BCUT2D eigenvalue weighted by Crippen LogP contribution is -2.33. The van der Waals surface area contributed by atoms with Gasteiger partial charge < -0.3 is 16.2 Å². The molecule has 0 saturated carbocycles. The van der Waals surface area contributed by atoms with Gasteiger partial charge in [-0.2, -0.15) is 0 Å². The van der Waals surface area contributed by atoms with Gasteiger partial charge >= 0.3 is 0 Å². The number of nitrogen functional groups attached to an aromatic ring is 1. The van der Waals surface area contributed by atoms with Crippen LogP contribution >= 0.6 is 0 Å². The van der Waals surface area contributed by atoms with Crippen LogP contribution in [0.1, 0.15) is 29.3 Å². The molecule has 1 atom stereocenters. The van der Waals surface area contributed by atoms with Crippen LogP contribution < -0.4 is 11.1 Å². The van der Waals surface area contributed by atoms with Crippen molar-refractivity contribution in [1.29, 1.82) is 0 Å². The van der Waals surface area contributed by atoms with Crippen molar-refractivity contribution in [2.24, 2.45) is 0 Å². The zero-order chi connectivity index (χ0) is 12.1. The highest BCUT2D eigenvalue weighted by molar-refractivity contribution is 5.96. The van der Waals surface area contributed by atoms with Gasteiger partial charge in [0.25, 0.3) is 5.91 Å². The van der Waals surface area contributed by atoms with E-state index in [9.17, 15) is 4.79 Å². The van der Waals surface area contributed by atoms with Gasteiger partial charge in [0.15, 0.2) is 0 Å². The molecule has 4 N–H and O–H groups in total. The van der Waals surface area contributed by atoms with Gasteiger partial charge in [-0.3, -0.25) is 4.79 Å². The van der Waals surface area contributed by atoms with E-state index in [-0.39, 0.29) is 18.6 Å². The van der Waals surface area contributed by atoms with Gasteiger partial charge in [-0.15, -0.1) is 0 Å². The summed E-state index contributed by atoms with van der Waals surface area (Å²) in [4.78, 5) is 11.8. The van der Waals surface area contributed by atoms with Gasteiger partial charge in [0.2, 0.25) is 0 Å². The number of aliphatic hydroxyl groups excluding tert-OH is 1. The molecule has 16 heavy (non-hydrogen) atoms. The number of aliphatic hydroxyl groups is 1. The maximum absolute atomic E-state index is 11.8. The molecule has 4 heteroatoms. The molecule has 0 aromatic heterocycles. The van der Waals surface area contributed by atoms with Gasteiger partial charge in [-0.1, -0.05) is 0 Å². The first-order valence-corrected chi connectivity index (χ1v) is 5.32. The van der Waals surface area contributed by atoms with Crippen molar-refractivity contribution >= 4 is 11.6 Å². The summed E-state index contributed by atoms with van der Waals surface area (Å²) in [6.07, 6.45) is 0.555. The maximum atomic E-state index is 11.8. The highest BCUT2D eigenvalue weighted by atomic mass is 16.3. The molecule has 0 spiro atoms. The average Bonchev–Trinajstić information content (AvgIpc) is 2.17. The minimum atomic E-state index is -0.126. The Hall–Kier alpha value is -1.55. The molecule has 0 saturated heterocycles. The van der Waals surface area contributed by atoms with Crippen LogP contribution in [0.4, 0.5) is 5.69 Å². The molecule has 1 rings (SSSR count). The monoisotopic (exact) mass is 222 g/mol. The molecule has 1 aromatic carbocycles. The van der Waals surface area contributed by atoms with Crippen LogP contribution in [0.2, 0.25) is 0 Å². The number of nitrogens with one attached hydrogen (secondary N) is 1. The predicted molar refractivity (Wildman–Crippen MR) is 64.2 cm³/mol. The molecule has 0 bridgehead atoms. The summed E-state index contributed by atoms with van der Waals surface area (Å²) < 4.78 is 0. The largest absolute Gasteiger partial charge is 0.399 e. The Morgan fingerprint density at radius 2 is 2.25 bits per heavy atom. The van der Waals surface area contributed by atoms with Crippen LogP contribution in [0.15, 0.2) is 18.2 Å². The summed E-state index contributed by atoms with van der Waals surface area (Å²) in [5.74, 6) is -0.126. The zero-order valence-electron chi connectivity index (χ0n) is 9.66. The average molecular weight is 222 g/mol. The number of anilines is 1. The summed E-state index contributed by atoms with van der Waals surface area (Å²) in [7, 11) is 0. The number of hydrogen-bond donors (Lipinski definition) is 3. The molecule has 0 radical (unpaired) electrons. The second-order valence-corrected chi connectivity index (χ2v) is 3.96. The van der Waals surface area contributed by atoms with Gasteiger partial charge in [0, 0.05) is 23.9 Å². The van der Waals surface area contributed by atoms with Crippen molar-refractivity contribution in [2.45, 2.75) is 26.3 Å². The third kappa shape index (κ3) is 3.24. The van der Waals surface area contributed by atoms with Gasteiger partial charge in [-0.25, -0.2) is 0 Å². The lowest BCUT2D eigenvalue weighted by molar-refractivity contribution is 0.0934. The first-order chi connectivity index (χ1) is 7.54. The molecule has 0 aliphatic carbocycles. The van der Waals surface area contributed by atoms with Crippen LogP contribution in [0.25, 0.3) is 0 Å². The minimum Gasteiger partial charge on any atom is -0.399 e. The predicted octanol–water partition coefficient (Wildman–Crippen LogP) is 1.08. The van der Waals surface area contributed by atoms with Crippen LogP contribution in [0.5, 0.6) is 0 Å². The first-order valence-electron chi connectivity index (χ1n) is 5.32. The third-order valence-corrected chi connectivity index (χ3v) is 2.43. The van der Waals surface area contributed by atoms with Gasteiger partial charge in [0.1, 0.15) is 0 Å². The van der Waals surface area contributed by atoms with Crippen LogP contribution in [-0.4, -0.2) is 23.7 Å². The number of aryl methyl sites for hydroxylation is 1. The Morgan fingerprint density at radius 1 is 1.56 bits per heavy atom. The Morgan fingerprint density at radius 3 is 2.81 bits per heavy atom. The summed E-state index contributed by atoms with van der Waals surface area (Å²) in [5, 5.41) is 11.6. The quantitative estimate of drug-likeness (QED) is 0.667. The lowest BCUT2D eigenvalue weighted by atomic mass is 10.1. The van der Waals surface area contributed by atoms with E-state index in [1.807, 2.05) is 13.8 Å². The fourth-order valence-corrected chi connectivity index (χ4v) is 1.51. The van der Waals surface area contributed by atoms with Crippen LogP contribution in [0, 0.1) is 6.92 Å². The van der Waals surface area contributed by atoms with E-state index in [1.54, 1.807) is 18.2 Å². The molecule has 1 unspecified atom stereocenters. The van der Waals surface area contributed by atoms with Crippen molar-refractivity contribution in [2.75, 3.05) is 12.3 Å². The number of carbonyl (C=O) groups is 1. The number of benzene rings is 1. The minimum absolute atomic E-state index is 0.0329. The van der Waals surface area contributed by atoms with E-state index in [0.29, 0.717) is 17.7 Å². The van der Waals surface area contributed by atoms with E-state index in [1.165, 1.54) is 0 Å². The molecule has 1 aromatic rings. The van der Waals surface area contributed by atoms with E-state index >= 15 is 0 Å². The Kier molecular flexibility index (Phi) is 4.31. The van der Waals surface area contributed by atoms with E-state index in [0.717, 1.165) is 5.56 Å². The van der Waals surface area contributed by atoms with Crippen molar-refractivity contribution < 1.29 is 9.90 Å². The van der Waals surface area contributed by atoms with E-state index in [4.69, 9.17) is 10.8 Å². The van der Waals surface area contributed by atoms with Crippen molar-refractivity contribution in [1.82, 2.24) is 5.32 Å². The molecule has 88 valence electrons. The summed E-state index contributed by atoms with van der Waals surface area (Å²) >= 11 is 0. The second-order valence-electron chi connectivity index (χ2n) is 3.96. The molecule has 0 heterocycles. The second kappa shape index (κ2) is 5.51. The fourth-order valence-electron chi connectivity index (χ4n) is 1.51. The fraction of sp³-hybridized carbons (Fsp3) is 0.417. The topological polar surface area (TPSA) is 75.4 Å². The number of rotatable bonds is 4. The summed E-state index contributed by atoms with van der Waals surface area (Å²) in [6.45, 7) is 3.78. The van der Waals surface area contributed by atoms with Crippen LogP contribution in [0.3, 0.4) is 0 Å². The molecule has 4 nitrogen and oxygen atoms in total. The normalized spacial score (nSPS) is 12.2. The molecule has 0 fully saturated rings.